The van der Waals surface area contributed by atoms with Crippen molar-refractivity contribution in [3.8, 4) is 6.07 Å². The first kappa shape index (κ1) is 19.8. The fraction of sp³-hybridized carbons (Fsp3) is 0.353. The lowest BCUT2D eigenvalue weighted by Gasteiger charge is -2.25. The Hall–Kier alpha value is -3.21. The van der Waals surface area contributed by atoms with Gasteiger partial charge in [-0.3, -0.25) is 19.2 Å². The molecule has 0 aliphatic rings. The van der Waals surface area contributed by atoms with E-state index in [1.807, 2.05) is 6.07 Å². The van der Waals surface area contributed by atoms with Crippen LogP contribution in [0.2, 0.25) is 0 Å². The predicted octanol–water partition coefficient (Wildman–Crippen LogP) is 1.23. The number of ketones is 1. The molecular formula is C17H17NO7. The van der Waals surface area contributed by atoms with Crippen LogP contribution < -0.4 is 0 Å². The zero-order valence-electron chi connectivity index (χ0n) is 14.0. The Balaban J connectivity index is 3.19. The predicted molar refractivity (Wildman–Crippen MR) is 82.9 cm³/mol. The molecule has 8 heteroatoms. The van der Waals surface area contributed by atoms with Crippen LogP contribution in [0.25, 0.3) is 0 Å². The minimum Gasteiger partial charge on any atom is -0.458 e. The van der Waals surface area contributed by atoms with Gasteiger partial charge in [0.15, 0.2) is 12.7 Å². The number of hydrogen-bond donors (Lipinski definition) is 0. The molecule has 132 valence electrons. The number of nitriles is 1. The summed E-state index contributed by atoms with van der Waals surface area (Å²) in [6, 6.07) is 7.81. The number of benzene rings is 1. The fourth-order valence-corrected chi connectivity index (χ4v) is 1.96. The monoisotopic (exact) mass is 347 g/mol. The lowest BCUT2D eigenvalue weighted by atomic mass is 10.00. The highest BCUT2D eigenvalue weighted by atomic mass is 16.6. The normalized spacial score (nSPS) is 12.2. The average Bonchev–Trinajstić information content (AvgIpc) is 2.55. The van der Waals surface area contributed by atoms with Crippen molar-refractivity contribution in [1.29, 1.82) is 5.26 Å². The summed E-state index contributed by atoms with van der Waals surface area (Å²) in [7, 11) is 0. The quantitative estimate of drug-likeness (QED) is 0.533. The number of rotatable bonds is 7. The second-order valence-electron chi connectivity index (χ2n) is 5.04. The zero-order chi connectivity index (χ0) is 19.0. The van der Waals surface area contributed by atoms with Gasteiger partial charge in [-0.2, -0.15) is 5.26 Å². The Bertz CT molecular complexity index is 703. The highest BCUT2D eigenvalue weighted by Crippen LogP contribution is 2.25. The lowest BCUT2D eigenvalue weighted by Crippen LogP contribution is -2.37. The summed E-state index contributed by atoms with van der Waals surface area (Å²) in [5, 5.41) is 8.84. The molecule has 1 rings (SSSR count). The minimum atomic E-state index is -1.49. The van der Waals surface area contributed by atoms with Crippen LogP contribution in [0.4, 0.5) is 0 Å². The summed E-state index contributed by atoms with van der Waals surface area (Å²) < 4.78 is 14.8. The van der Waals surface area contributed by atoms with Gasteiger partial charge in [0.1, 0.15) is 0 Å². The number of carbonyl (C=O) groups excluding carboxylic acids is 4. The first-order valence-corrected chi connectivity index (χ1v) is 7.25. The Morgan fingerprint density at radius 1 is 0.960 bits per heavy atom. The summed E-state index contributed by atoms with van der Waals surface area (Å²) >= 11 is 0. The van der Waals surface area contributed by atoms with Crippen LogP contribution in [0.5, 0.6) is 0 Å². The second-order valence-corrected chi connectivity index (χ2v) is 5.04. The molecule has 0 radical (unpaired) electrons. The van der Waals surface area contributed by atoms with E-state index >= 15 is 0 Å². The first-order chi connectivity index (χ1) is 11.7. The second kappa shape index (κ2) is 9.17. The summed E-state index contributed by atoms with van der Waals surface area (Å²) in [6.45, 7) is 2.72. The van der Waals surface area contributed by atoms with Crippen molar-refractivity contribution in [3.05, 3.63) is 35.4 Å². The van der Waals surface area contributed by atoms with Crippen molar-refractivity contribution in [2.24, 2.45) is 0 Å². The molecule has 0 heterocycles. The number of esters is 3. The molecule has 8 nitrogen and oxygen atoms in total. The molecule has 25 heavy (non-hydrogen) atoms. The van der Waals surface area contributed by atoms with Crippen molar-refractivity contribution in [2.45, 2.75) is 33.0 Å². The molecule has 0 aromatic heterocycles. The largest absolute Gasteiger partial charge is 0.458 e. The average molecular weight is 347 g/mol. The van der Waals surface area contributed by atoms with Gasteiger partial charge in [0.25, 0.3) is 0 Å². The molecule has 0 aliphatic heterocycles. The maximum absolute atomic E-state index is 12.3. The Morgan fingerprint density at radius 2 is 1.52 bits per heavy atom. The first-order valence-electron chi connectivity index (χ1n) is 7.25. The number of Topliss-reactive ketones (excluding diaryl/α,β-unsaturated/α-hetero) is 1. The maximum Gasteiger partial charge on any atom is 0.303 e. The lowest BCUT2D eigenvalue weighted by molar-refractivity contribution is -0.172. The molecule has 0 fully saturated rings. The van der Waals surface area contributed by atoms with E-state index in [1.165, 1.54) is 24.3 Å². The Morgan fingerprint density at radius 3 is 1.96 bits per heavy atom. The van der Waals surface area contributed by atoms with Crippen LogP contribution in [0.3, 0.4) is 0 Å². The molecule has 0 aliphatic carbocycles. The van der Waals surface area contributed by atoms with E-state index in [0.29, 0.717) is 11.1 Å². The van der Waals surface area contributed by atoms with E-state index in [9.17, 15) is 19.2 Å². The van der Waals surface area contributed by atoms with Gasteiger partial charge in [0.2, 0.25) is 11.9 Å². The van der Waals surface area contributed by atoms with Gasteiger partial charge < -0.3 is 14.2 Å². The van der Waals surface area contributed by atoms with Crippen molar-refractivity contribution in [1.82, 2.24) is 0 Å². The van der Waals surface area contributed by atoms with E-state index < -0.39 is 42.5 Å². The van der Waals surface area contributed by atoms with Crippen LogP contribution in [0.15, 0.2) is 24.3 Å². The molecule has 0 spiro atoms. The van der Waals surface area contributed by atoms with Gasteiger partial charge in [-0.15, -0.1) is 0 Å². The molecule has 0 unspecified atom stereocenters. The molecule has 0 bridgehead atoms. The molecule has 0 saturated carbocycles. The summed E-state index contributed by atoms with van der Waals surface area (Å²) in [4.78, 5) is 46.0. The van der Waals surface area contributed by atoms with Gasteiger partial charge in [-0.25, -0.2) is 0 Å². The Labute approximate surface area is 144 Å². The number of hydrogen-bond acceptors (Lipinski definition) is 8. The fourth-order valence-electron chi connectivity index (χ4n) is 1.96. The van der Waals surface area contributed by atoms with E-state index in [-0.39, 0.29) is 0 Å². The van der Waals surface area contributed by atoms with Crippen LogP contribution >= 0.6 is 0 Å². The zero-order valence-corrected chi connectivity index (χ0v) is 14.0. The summed E-state index contributed by atoms with van der Waals surface area (Å²) in [5.74, 6) is -2.91. The Kier molecular flexibility index (Phi) is 7.28. The number of nitrogens with zero attached hydrogens (tertiary/aromatic N) is 1. The summed E-state index contributed by atoms with van der Waals surface area (Å²) in [5.41, 5.74) is 0.706. The minimum absolute atomic E-state index is 0.344. The van der Waals surface area contributed by atoms with E-state index in [4.69, 9.17) is 14.7 Å². The van der Waals surface area contributed by atoms with E-state index in [1.54, 1.807) is 0 Å². The van der Waals surface area contributed by atoms with Crippen molar-refractivity contribution < 1.29 is 33.4 Å². The van der Waals surface area contributed by atoms with Crippen molar-refractivity contribution >= 4 is 23.7 Å². The number of ether oxygens (including phenoxy) is 3. The van der Waals surface area contributed by atoms with Crippen molar-refractivity contribution in [2.75, 3.05) is 6.61 Å². The van der Waals surface area contributed by atoms with Crippen LogP contribution in [0, 0.1) is 11.3 Å². The maximum atomic E-state index is 12.3. The topological polar surface area (TPSA) is 120 Å². The third-order valence-corrected chi connectivity index (χ3v) is 2.96. The van der Waals surface area contributed by atoms with Gasteiger partial charge in [0, 0.05) is 20.8 Å². The number of carbonyl (C=O) groups is 4. The highest BCUT2D eigenvalue weighted by molar-refractivity contribution is 5.88. The molecular weight excluding hydrogens is 330 g/mol. The van der Waals surface area contributed by atoms with E-state index in [0.717, 1.165) is 20.8 Å². The molecule has 0 saturated heterocycles. The molecule has 0 amide bonds. The van der Waals surface area contributed by atoms with Gasteiger partial charge in [-0.05, 0) is 17.7 Å². The van der Waals surface area contributed by atoms with Crippen LogP contribution in [0.1, 0.15) is 38.0 Å². The van der Waals surface area contributed by atoms with Gasteiger partial charge >= 0.3 is 17.9 Å². The smallest absolute Gasteiger partial charge is 0.303 e. The standard InChI is InChI=1S/C17H17NO7/c1-10(19)23-9-15(22)17(25-12(3)21)16(24-11(2)20)14-6-4-13(8-18)5-7-14/h4-7,16-17H,9H2,1-3H3/t16-,17-/m0/s1. The molecule has 1 aromatic rings. The third kappa shape index (κ3) is 6.43. The van der Waals surface area contributed by atoms with Gasteiger partial charge in [-0.1, -0.05) is 12.1 Å². The van der Waals surface area contributed by atoms with Crippen molar-refractivity contribution in [3.63, 3.8) is 0 Å². The SMILES string of the molecule is CC(=O)OCC(=O)[C@H](OC(C)=O)[C@@H](OC(C)=O)c1ccc(C#N)cc1. The molecule has 1 aromatic carbocycles. The summed E-state index contributed by atoms with van der Waals surface area (Å²) in [6.07, 6.45) is -2.73. The van der Waals surface area contributed by atoms with Gasteiger partial charge in [0.05, 0.1) is 11.6 Å². The van der Waals surface area contributed by atoms with E-state index in [2.05, 4.69) is 4.74 Å². The molecule has 2 atom stereocenters. The third-order valence-electron chi connectivity index (χ3n) is 2.96. The molecule has 0 N–H and O–H groups in total. The van der Waals surface area contributed by atoms with Crippen LogP contribution in [-0.2, 0) is 33.4 Å². The van der Waals surface area contributed by atoms with Crippen LogP contribution in [-0.4, -0.2) is 36.4 Å². The highest BCUT2D eigenvalue weighted by Gasteiger charge is 2.35.